The van der Waals surface area contributed by atoms with Gasteiger partial charge in [0.25, 0.3) is 5.91 Å². The Morgan fingerprint density at radius 2 is 1.76 bits per heavy atom. The number of benzene rings is 1. The molecule has 0 atom stereocenters. The van der Waals surface area contributed by atoms with Crippen molar-refractivity contribution in [2.24, 2.45) is 0 Å². The van der Waals surface area contributed by atoms with Gasteiger partial charge >= 0.3 is 0 Å². The highest BCUT2D eigenvalue weighted by Gasteiger charge is 2.19. The molecule has 130 valence electrons. The largest absolute Gasteiger partial charge is 0.492 e. The molecule has 1 amide bonds. The predicted octanol–water partition coefficient (Wildman–Crippen LogP) is 3.69. The molecule has 0 aliphatic heterocycles. The predicted molar refractivity (Wildman–Crippen MR) is 96.7 cm³/mol. The Bertz CT molecular complexity index is 902. The Balaban J connectivity index is 1.98. The Labute approximate surface area is 146 Å². The number of carbonyl (C=O) groups excluding carboxylic acids is 1. The lowest BCUT2D eigenvalue weighted by Crippen LogP contribution is -2.16. The van der Waals surface area contributed by atoms with E-state index in [-0.39, 0.29) is 5.91 Å². The number of rotatable bonds is 6. The molecule has 0 saturated heterocycles. The first-order valence-corrected chi connectivity index (χ1v) is 8.29. The van der Waals surface area contributed by atoms with Crippen molar-refractivity contribution in [2.45, 2.75) is 20.8 Å². The highest BCUT2D eigenvalue weighted by molar-refractivity contribution is 6.05. The van der Waals surface area contributed by atoms with Crippen molar-refractivity contribution >= 4 is 17.2 Å². The number of nitrogens with zero attached hydrogens (tertiary/aromatic N) is 2. The second kappa shape index (κ2) is 7.25. The summed E-state index contributed by atoms with van der Waals surface area (Å²) >= 11 is 0. The highest BCUT2D eigenvalue weighted by Crippen LogP contribution is 2.26. The quantitative estimate of drug-likeness (QED) is 0.744. The molecule has 2 aromatic heterocycles. The Hall–Kier alpha value is -3.02. The lowest BCUT2D eigenvalue weighted by Gasteiger charge is -2.11. The number of carbonyl (C=O) groups is 1. The zero-order valence-electron chi connectivity index (χ0n) is 14.6. The van der Waals surface area contributed by atoms with Gasteiger partial charge in [0, 0.05) is 6.20 Å². The number of aromatic nitrogens is 2. The minimum Gasteiger partial charge on any atom is -0.492 e. The summed E-state index contributed by atoms with van der Waals surface area (Å²) in [6, 6.07) is 11.0. The first-order valence-electron chi connectivity index (χ1n) is 8.29. The van der Waals surface area contributed by atoms with Crippen LogP contribution in [-0.2, 0) is 0 Å². The van der Waals surface area contributed by atoms with E-state index in [1.54, 1.807) is 10.6 Å². The van der Waals surface area contributed by atoms with Crippen LogP contribution in [0.5, 0.6) is 11.5 Å². The van der Waals surface area contributed by atoms with Crippen LogP contribution >= 0.6 is 0 Å². The van der Waals surface area contributed by atoms with E-state index in [9.17, 15) is 4.79 Å². The third kappa shape index (κ3) is 3.28. The Kier molecular flexibility index (Phi) is 4.88. The molecule has 0 aliphatic rings. The maximum absolute atomic E-state index is 12.9. The van der Waals surface area contributed by atoms with Crippen LogP contribution in [0.4, 0.5) is 5.69 Å². The van der Waals surface area contributed by atoms with E-state index < -0.39 is 0 Å². The molecule has 0 fully saturated rings. The molecule has 0 radical (unpaired) electrons. The lowest BCUT2D eigenvalue weighted by atomic mass is 10.2. The Morgan fingerprint density at radius 3 is 2.52 bits per heavy atom. The molecule has 0 bridgehead atoms. The smallest absolute Gasteiger partial charge is 0.274 e. The minimum absolute atomic E-state index is 0.245. The van der Waals surface area contributed by atoms with Gasteiger partial charge in [-0.15, -0.1) is 0 Å². The van der Waals surface area contributed by atoms with Gasteiger partial charge in [0.1, 0.15) is 11.4 Å². The van der Waals surface area contributed by atoms with Gasteiger partial charge < -0.3 is 14.8 Å². The molecule has 3 aromatic rings. The fourth-order valence-electron chi connectivity index (χ4n) is 2.73. The van der Waals surface area contributed by atoms with Crippen molar-refractivity contribution in [1.82, 2.24) is 9.38 Å². The maximum Gasteiger partial charge on any atom is 0.274 e. The van der Waals surface area contributed by atoms with Crippen molar-refractivity contribution < 1.29 is 14.3 Å². The lowest BCUT2D eigenvalue weighted by molar-refractivity contribution is 0.102. The van der Waals surface area contributed by atoms with Crippen LogP contribution in [0, 0.1) is 6.92 Å². The number of amides is 1. The van der Waals surface area contributed by atoms with Crippen LogP contribution in [0.25, 0.3) is 5.65 Å². The van der Waals surface area contributed by atoms with Gasteiger partial charge in [-0.1, -0.05) is 12.1 Å². The number of para-hydroxylation sites is 2. The van der Waals surface area contributed by atoms with Crippen LogP contribution in [0.15, 0.2) is 42.6 Å². The summed E-state index contributed by atoms with van der Waals surface area (Å²) in [5.74, 6) is 1.05. The maximum atomic E-state index is 12.9. The third-order valence-corrected chi connectivity index (χ3v) is 3.74. The van der Waals surface area contributed by atoms with Crippen LogP contribution in [-0.4, -0.2) is 28.5 Å². The van der Waals surface area contributed by atoms with Crippen molar-refractivity contribution in [3.63, 3.8) is 0 Å². The number of imidazole rings is 1. The number of hydrogen-bond donors (Lipinski definition) is 1. The molecule has 0 saturated carbocycles. The number of hydrogen-bond acceptors (Lipinski definition) is 4. The monoisotopic (exact) mass is 339 g/mol. The number of fused-ring (bicyclic) bond motifs is 1. The second-order valence-electron chi connectivity index (χ2n) is 5.43. The van der Waals surface area contributed by atoms with Gasteiger partial charge in [0.15, 0.2) is 11.4 Å². The topological polar surface area (TPSA) is 64.9 Å². The molecule has 25 heavy (non-hydrogen) atoms. The van der Waals surface area contributed by atoms with Gasteiger partial charge in [-0.05, 0) is 45.0 Å². The molecule has 1 aromatic carbocycles. The summed E-state index contributed by atoms with van der Waals surface area (Å²) in [4.78, 5) is 17.4. The molecule has 3 rings (SSSR count). The minimum atomic E-state index is -0.245. The molecule has 0 spiro atoms. The number of ether oxygens (including phenoxy) is 2. The van der Waals surface area contributed by atoms with E-state index in [4.69, 9.17) is 9.47 Å². The van der Waals surface area contributed by atoms with E-state index >= 15 is 0 Å². The van der Waals surface area contributed by atoms with Crippen LogP contribution in [0.3, 0.4) is 0 Å². The summed E-state index contributed by atoms with van der Waals surface area (Å²) in [6.07, 6.45) is 1.81. The normalized spacial score (nSPS) is 10.7. The number of nitrogens with one attached hydrogen (secondary N) is 1. The standard InChI is InChI=1S/C19H21N3O3/c1-4-24-15-10-7-6-9-14(15)21-19(23)17-13(3)20-18-16(25-5-2)11-8-12-22(17)18/h6-12H,4-5H2,1-3H3,(H,21,23). The molecule has 2 heterocycles. The van der Waals surface area contributed by atoms with Gasteiger partial charge in [-0.2, -0.15) is 0 Å². The van der Waals surface area contributed by atoms with E-state index in [0.717, 1.165) is 0 Å². The molecule has 1 N–H and O–H groups in total. The number of anilines is 1. The summed E-state index contributed by atoms with van der Waals surface area (Å²) in [7, 11) is 0. The first kappa shape index (κ1) is 16.8. The molecule has 0 aliphatic carbocycles. The average Bonchev–Trinajstić information content (AvgIpc) is 2.94. The van der Waals surface area contributed by atoms with E-state index in [0.29, 0.717) is 47.4 Å². The van der Waals surface area contributed by atoms with Gasteiger partial charge in [0.2, 0.25) is 0 Å². The fourth-order valence-corrected chi connectivity index (χ4v) is 2.73. The van der Waals surface area contributed by atoms with E-state index in [1.165, 1.54) is 0 Å². The van der Waals surface area contributed by atoms with Crippen molar-refractivity contribution in [3.8, 4) is 11.5 Å². The second-order valence-corrected chi connectivity index (χ2v) is 5.43. The molecule has 6 nitrogen and oxygen atoms in total. The highest BCUT2D eigenvalue weighted by atomic mass is 16.5. The zero-order valence-corrected chi connectivity index (χ0v) is 14.6. The fraction of sp³-hybridized carbons (Fsp3) is 0.263. The summed E-state index contributed by atoms with van der Waals surface area (Å²) < 4.78 is 12.9. The van der Waals surface area contributed by atoms with E-state index in [1.807, 2.05) is 57.2 Å². The van der Waals surface area contributed by atoms with Crippen molar-refractivity contribution in [1.29, 1.82) is 0 Å². The van der Waals surface area contributed by atoms with E-state index in [2.05, 4.69) is 10.3 Å². The number of pyridine rings is 1. The van der Waals surface area contributed by atoms with Crippen LogP contribution in [0.2, 0.25) is 0 Å². The average molecular weight is 339 g/mol. The van der Waals surface area contributed by atoms with Crippen molar-refractivity contribution in [3.05, 3.63) is 54.0 Å². The Morgan fingerprint density at radius 1 is 1.08 bits per heavy atom. The molecule has 6 heteroatoms. The van der Waals surface area contributed by atoms with Crippen LogP contribution < -0.4 is 14.8 Å². The molecular weight excluding hydrogens is 318 g/mol. The van der Waals surface area contributed by atoms with Gasteiger partial charge in [0.05, 0.1) is 24.6 Å². The van der Waals surface area contributed by atoms with Crippen LogP contribution in [0.1, 0.15) is 30.0 Å². The summed E-state index contributed by atoms with van der Waals surface area (Å²) in [6.45, 7) is 6.69. The molecule has 0 unspecified atom stereocenters. The summed E-state index contributed by atoms with van der Waals surface area (Å²) in [5.41, 5.74) is 2.37. The number of aryl methyl sites for hydroxylation is 1. The first-order chi connectivity index (χ1) is 12.2. The third-order valence-electron chi connectivity index (χ3n) is 3.74. The SMILES string of the molecule is CCOc1ccccc1NC(=O)c1c(C)nc2c(OCC)cccn12. The zero-order chi connectivity index (χ0) is 17.8. The molecular formula is C19H21N3O3. The van der Waals surface area contributed by atoms with Gasteiger partial charge in [-0.25, -0.2) is 4.98 Å². The van der Waals surface area contributed by atoms with Gasteiger partial charge in [-0.3, -0.25) is 9.20 Å². The summed E-state index contributed by atoms with van der Waals surface area (Å²) in [5, 5.41) is 2.92. The van der Waals surface area contributed by atoms with Crippen molar-refractivity contribution in [2.75, 3.05) is 18.5 Å².